The third kappa shape index (κ3) is 4.71. The number of hydrogen-bond acceptors (Lipinski definition) is 6. The molecule has 2 aromatic heterocycles. The molecule has 0 spiro atoms. The second kappa shape index (κ2) is 8.71. The summed E-state index contributed by atoms with van der Waals surface area (Å²) in [6, 6.07) is 10.7. The van der Waals surface area contributed by atoms with Crippen LogP contribution in [0.3, 0.4) is 0 Å². The van der Waals surface area contributed by atoms with Crippen LogP contribution in [0.25, 0.3) is 0 Å². The molecule has 1 aromatic carbocycles. The maximum Gasteiger partial charge on any atom is 0.258 e. The third-order valence-electron chi connectivity index (χ3n) is 4.85. The highest BCUT2D eigenvalue weighted by Crippen LogP contribution is 2.28. The fourth-order valence-electron chi connectivity index (χ4n) is 2.96. The topological polar surface area (TPSA) is 97.1 Å². The summed E-state index contributed by atoms with van der Waals surface area (Å²) in [7, 11) is 0. The van der Waals surface area contributed by atoms with Gasteiger partial charge in [0.2, 0.25) is 0 Å². The Kier molecular flexibility index (Phi) is 5.85. The van der Waals surface area contributed by atoms with E-state index >= 15 is 0 Å². The molecule has 4 rings (SSSR count). The Morgan fingerprint density at radius 2 is 2.00 bits per heavy atom. The van der Waals surface area contributed by atoms with Gasteiger partial charge < -0.3 is 15.2 Å². The van der Waals surface area contributed by atoms with Crippen molar-refractivity contribution >= 4 is 29.3 Å². The van der Waals surface area contributed by atoms with Crippen LogP contribution in [0.5, 0.6) is 0 Å². The van der Waals surface area contributed by atoms with E-state index in [0.29, 0.717) is 27.6 Å². The predicted octanol–water partition coefficient (Wildman–Crippen LogP) is 4.12. The van der Waals surface area contributed by atoms with Gasteiger partial charge >= 0.3 is 0 Å². The molecular weight excluding hydrogens is 400 g/mol. The Hall–Kier alpha value is -3.13. The first kappa shape index (κ1) is 20.2. The molecule has 0 aliphatic heterocycles. The van der Waals surface area contributed by atoms with Crippen LogP contribution in [0.15, 0.2) is 52.1 Å². The molecule has 154 valence electrons. The standard InChI is InChI=1S/C22H22N4O3S/c1-13-19(14(2)29-26-13)12-30-22-18(7-4-10-23-22)21(28)25-17-6-3-5-15(11-17)20(27)24-16-8-9-16/h3-7,10-11,16H,8-9,12H2,1-2H3,(H,24,27)(H,25,28). The molecule has 0 atom stereocenters. The number of rotatable bonds is 7. The van der Waals surface area contributed by atoms with Gasteiger partial charge in [-0.2, -0.15) is 0 Å². The lowest BCUT2D eigenvalue weighted by atomic mass is 10.1. The summed E-state index contributed by atoms with van der Waals surface area (Å²) in [5.41, 5.74) is 3.41. The maximum atomic E-state index is 12.9. The first-order valence-corrected chi connectivity index (χ1v) is 10.7. The van der Waals surface area contributed by atoms with Crippen molar-refractivity contribution in [1.29, 1.82) is 0 Å². The smallest absolute Gasteiger partial charge is 0.258 e. The van der Waals surface area contributed by atoms with Crippen molar-refractivity contribution in [1.82, 2.24) is 15.5 Å². The van der Waals surface area contributed by atoms with Crippen molar-refractivity contribution in [3.8, 4) is 0 Å². The first-order valence-electron chi connectivity index (χ1n) is 9.73. The second-order valence-corrected chi connectivity index (χ2v) is 8.19. The number of carbonyl (C=O) groups excluding carboxylic acids is 2. The fraction of sp³-hybridized carbons (Fsp3) is 0.273. The van der Waals surface area contributed by atoms with E-state index in [1.807, 2.05) is 13.8 Å². The summed E-state index contributed by atoms with van der Waals surface area (Å²) in [6.45, 7) is 3.76. The van der Waals surface area contributed by atoms with Gasteiger partial charge in [-0.3, -0.25) is 9.59 Å². The van der Waals surface area contributed by atoms with Crippen molar-refractivity contribution in [2.24, 2.45) is 0 Å². The van der Waals surface area contributed by atoms with Crippen LogP contribution in [0, 0.1) is 13.8 Å². The van der Waals surface area contributed by atoms with Gasteiger partial charge in [-0.1, -0.05) is 11.2 Å². The molecule has 0 unspecified atom stereocenters. The van der Waals surface area contributed by atoms with Gasteiger partial charge in [0.25, 0.3) is 11.8 Å². The van der Waals surface area contributed by atoms with Gasteiger partial charge in [0.05, 0.1) is 11.3 Å². The maximum absolute atomic E-state index is 12.9. The van der Waals surface area contributed by atoms with Crippen LogP contribution in [-0.2, 0) is 5.75 Å². The van der Waals surface area contributed by atoms with Crippen molar-refractivity contribution in [2.75, 3.05) is 5.32 Å². The molecule has 0 radical (unpaired) electrons. The van der Waals surface area contributed by atoms with Crippen LogP contribution in [-0.4, -0.2) is 28.0 Å². The van der Waals surface area contributed by atoms with Gasteiger partial charge in [0.15, 0.2) is 0 Å². The molecule has 1 saturated carbocycles. The summed E-state index contributed by atoms with van der Waals surface area (Å²) >= 11 is 1.46. The van der Waals surface area contributed by atoms with E-state index in [4.69, 9.17) is 4.52 Å². The first-order chi connectivity index (χ1) is 14.5. The Morgan fingerprint density at radius 1 is 1.17 bits per heavy atom. The number of anilines is 1. The summed E-state index contributed by atoms with van der Waals surface area (Å²) in [5.74, 6) is 0.980. The highest BCUT2D eigenvalue weighted by atomic mass is 32.2. The molecule has 1 fully saturated rings. The molecule has 8 heteroatoms. The number of thioether (sulfide) groups is 1. The molecule has 7 nitrogen and oxygen atoms in total. The summed E-state index contributed by atoms with van der Waals surface area (Å²) in [6.07, 6.45) is 3.71. The molecule has 1 aliphatic rings. The minimum atomic E-state index is -0.274. The average Bonchev–Trinajstić information content (AvgIpc) is 3.50. The van der Waals surface area contributed by atoms with E-state index in [-0.39, 0.29) is 17.9 Å². The number of aromatic nitrogens is 2. The normalized spacial score (nSPS) is 13.1. The largest absolute Gasteiger partial charge is 0.361 e. The van der Waals surface area contributed by atoms with Crippen molar-refractivity contribution in [2.45, 2.75) is 43.5 Å². The number of aryl methyl sites for hydroxylation is 2. The minimum Gasteiger partial charge on any atom is -0.361 e. The fourth-order valence-corrected chi connectivity index (χ4v) is 4.10. The molecule has 2 N–H and O–H groups in total. The molecule has 2 amide bonds. The summed E-state index contributed by atoms with van der Waals surface area (Å²) in [4.78, 5) is 29.5. The number of benzene rings is 1. The molecule has 0 bridgehead atoms. The number of nitrogens with one attached hydrogen (secondary N) is 2. The zero-order chi connectivity index (χ0) is 21.1. The van der Waals surface area contributed by atoms with E-state index < -0.39 is 0 Å². The van der Waals surface area contributed by atoms with E-state index in [0.717, 1.165) is 29.9 Å². The second-order valence-electron chi connectivity index (χ2n) is 7.23. The van der Waals surface area contributed by atoms with E-state index in [9.17, 15) is 9.59 Å². The Balaban J connectivity index is 1.47. The molecule has 3 aromatic rings. The third-order valence-corrected chi connectivity index (χ3v) is 5.88. The van der Waals surface area contributed by atoms with E-state index in [1.165, 1.54) is 11.8 Å². The van der Waals surface area contributed by atoms with Crippen LogP contribution >= 0.6 is 11.8 Å². The van der Waals surface area contributed by atoms with Gasteiger partial charge in [-0.15, -0.1) is 11.8 Å². The van der Waals surface area contributed by atoms with Crippen molar-refractivity contribution < 1.29 is 14.1 Å². The molecule has 1 aliphatic carbocycles. The van der Waals surface area contributed by atoms with E-state index in [2.05, 4.69) is 20.8 Å². The number of carbonyl (C=O) groups is 2. The quantitative estimate of drug-likeness (QED) is 0.556. The summed E-state index contributed by atoms with van der Waals surface area (Å²) < 4.78 is 5.20. The zero-order valence-electron chi connectivity index (χ0n) is 16.8. The van der Waals surface area contributed by atoms with Crippen LogP contribution < -0.4 is 10.6 Å². The van der Waals surface area contributed by atoms with Gasteiger partial charge in [-0.25, -0.2) is 4.98 Å². The lowest BCUT2D eigenvalue weighted by Gasteiger charge is -2.10. The zero-order valence-corrected chi connectivity index (χ0v) is 17.6. The highest BCUT2D eigenvalue weighted by Gasteiger charge is 2.24. The SMILES string of the molecule is Cc1noc(C)c1CSc1ncccc1C(=O)Nc1cccc(C(=O)NC2CC2)c1. The van der Waals surface area contributed by atoms with E-state index in [1.54, 1.807) is 42.6 Å². The number of hydrogen-bond donors (Lipinski definition) is 2. The van der Waals surface area contributed by atoms with Crippen LogP contribution in [0.1, 0.15) is 50.6 Å². The average molecular weight is 423 g/mol. The van der Waals surface area contributed by atoms with Gasteiger partial charge in [0, 0.05) is 34.8 Å². The van der Waals surface area contributed by atoms with Gasteiger partial charge in [0.1, 0.15) is 10.8 Å². The van der Waals surface area contributed by atoms with Crippen LogP contribution in [0.4, 0.5) is 5.69 Å². The Bertz CT molecular complexity index is 1070. The number of nitrogens with zero attached hydrogens (tertiary/aromatic N) is 2. The van der Waals surface area contributed by atoms with Crippen molar-refractivity contribution in [3.05, 3.63) is 70.7 Å². The molecule has 0 saturated heterocycles. The molecule has 30 heavy (non-hydrogen) atoms. The lowest BCUT2D eigenvalue weighted by Crippen LogP contribution is -2.25. The molecular formula is C22H22N4O3S. The number of pyridine rings is 1. The van der Waals surface area contributed by atoms with Crippen molar-refractivity contribution in [3.63, 3.8) is 0 Å². The highest BCUT2D eigenvalue weighted by molar-refractivity contribution is 7.98. The Morgan fingerprint density at radius 3 is 2.73 bits per heavy atom. The molecule has 2 heterocycles. The predicted molar refractivity (Wildman–Crippen MR) is 115 cm³/mol. The summed E-state index contributed by atoms with van der Waals surface area (Å²) in [5, 5.41) is 10.4. The lowest BCUT2D eigenvalue weighted by molar-refractivity contribution is 0.0949. The minimum absolute atomic E-state index is 0.120. The number of amides is 2. The monoisotopic (exact) mass is 422 g/mol. The van der Waals surface area contributed by atoms with Gasteiger partial charge in [-0.05, 0) is 57.0 Å². The Labute approximate surface area is 178 Å². The van der Waals surface area contributed by atoms with Crippen LogP contribution in [0.2, 0.25) is 0 Å².